The Morgan fingerprint density at radius 3 is 2.62 bits per heavy atom. The van der Waals surface area contributed by atoms with Gasteiger partial charge in [0, 0.05) is 39.8 Å². The average molecular weight is 472 g/mol. The number of hydrogen-bond donors (Lipinski definition) is 1. The number of anilines is 2. The standard InChI is InChI=1S/C22H22BrN3O2S/c1-14-11-26(12-15(2)28-14)22-25-20(13-29-22)17-4-3-5-19(10-17)24-21(27)16-6-8-18(23)9-7-16/h3-10,13-15H,11-12H2,1-2H3,(H,24,27). The van der Waals surface area contributed by atoms with Gasteiger partial charge in [-0.15, -0.1) is 11.3 Å². The van der Waals surface area contributed by atoms with E-state index in [0.29, 0.717) is 5.56 Å². The fraction of sp³-hybridized carbons (Fsp3) is 0.273. The van der Waals surface area contributed by atoms with Crippen LogP contribution in [0, 0.1) is 0 Å². The molecule has 0 aliphatic carbocycles. The number of carbonyl (C=O) groups is 1. The van der Waals surface area contributed by atoms with Crippen molar-refractivity contribution < 1.29 is 9.53 Å². The van der Waals surface area contributed by atoms with E-state index >= 15 is 0 Å². The van der Waals surface area contributed by atoms with E-state index in [1.54, 1.807) is 23.5 Å². The summed E-state index contributed by atoms with van der Waals surface area (Å²) >= 11 is 5.03. The van der Waals surface area contributed by atoms with Crippen LogP contribution < -0.4 is 10.2 Å². The molecule has 5 nitrogen and oxygen atoms in total. The van der Waals surface area contributed by atoms with E-state index in [1.807, 2.05) is 36.4 Å². The van der Waals surface area contributed by atoms with Crippen LogP contribution in [0.2, 0.25) is 0 Å². The highest BCUT2D eigenvalue weighted by Gasteiger charge is 2.24. The molecule has 1 saturated heterocycles. The van der Waals surface area contributed by atoms with Gasteiger partial charge in [-0.25, -0.2) is 4.98 Å². The molecule has 2 unspecified atom stereocenters. The second kappa shape index (κ2) is 8.65. The number of aromatic nitrogens is 1. The molecule has 1 fully saturated rings. The van der Waals surface area contributed by atoms with Crippen LogP contribution in [-0.4, -0.2) is 36.2 Å². The van der Waals surface area contributed by atoms with Crippen molar-refractivity contribution in [3.05, 3.63) is 63.9 Å². The van der Waals surface area contributed by atoms with Crippen LogP contribution in [-0.2, 0) is 4.74 Å². The van der Waals surface area contributed by atoms with Gasteiger partial charge in [0.05, 0.1) is 17.9 Å². The molecule has 1 N–H and O–H groups in total. The minimum Gasteiger partial charge on any atom is -0.372 e. The van der Waals surface area contributed by atoms with Crippen LogP contribution in [0.3, 0.4) is 0 Å². The van der Waals surface area contributed by atoms with Crippen molar-refractivity contribution in [2.75, 3.05) is 23.3 Å². The molecule has 0 bridgehead atoms. The van der Waals surface area contributed by atoms with Crippen LogP contribution >= 0.6 is 27.3 Å². The third-order valence-electron chi connectivity index (χ3n) is 4.70. The van der Waals surface area contributed by atoms with E-state index < -0.39 is 0 Å². The summed E-state index contributed by atoms with van der Waals surface area (Å²) in [4.78, 5) is 19.6. The lowest BCUT2D eigenvalue weighted by molar-refractivity contribution is -0.00522. The van der Waals surface area contributed by atoms with Crippen LogP contribution in [0.15, 0.2) is 58.4 Å². The zero-order valence-corrected chi connectivity index (χ0v) is 18.7. The molecule has 7 heteroatoms. The van der Waals surface area contributed by atoms with Crippen molar-refractivity contribution >= 4 is 44.0 Å². The van der Waals surface area contributed by atoms with Gasteiger partial charge in [0.25, 0.3) is 5.91 Å². The van der Waals surface area contributed by atoms with E-state index in [1.165, 1.54) is 0 Å². The fourth-order valence-corrected chi connectivity index (χ4v) is 4.56. The van der Waals surface area contributed by atoms with Crippen molar-refractivity contribution in [3.8, 4) is 11.3 Å². The topological polar surface area (TPSA) is 54.5 Å². The van der Waals surface area contributed by atoms with Crippen LogP contribution in [0.5, 0.6) is 0 Å². The van der Waals surface area contributed by atoms with Gasteiger partial charge in [-0.2, -0.15) is 0 Å². The van der Waals surface area contributed by atoms with Gasteiger partial charge in [-0.1, -0.05) is 28.1 Å². The summed E-state index contributed by atoms with van der Waals surface area (Å²) in [6, 6.07) is 15.1. The molecule has 0 radical (unpaired) electrons. The SMILES string of the molecule is CC1CN(c2nc(-c3cccc(NC(=O)c4ccc(Br)cc4)c3)cs2)CC(C)O1. The van der Waals surface area contributed by atoms with Crippen LogP contribution in [0.1, 0.15) is 24.2 Å². The molecule has 0 saturated carbocycles. The lowest BCUT2D eigenvalue weighted by atomic mass is 10.1. The maximum absolute atomic E-state index is 12.5. The highest BCUT2D eigenvalue weighted by atomic mass is 79.9. The molecular formula is C22H22BrN3O2S. The first kappa shape index (κ1) is 20.1. The molecule has 4 rings (SSSR count). The van der Waals surface area contributed by atoms with Gasteiger partial charge in [0.1, 0.15) is 0 Å². The van der Waals surface area contributed by atoms with Crippen molar-refractivity contribution in [2.24, 2.45) is 0 Å². The molecule has 1 aromatic heterocycles. The first-order valence-corrected chi connectivity index (χ1v) is 11.2. The maximum atomic E-state index is 12.5. The van der Waals surface area contributed by atoms with Gasteiger partial charge >= 0.3 is 0 Å². The molecule has 1 aliphatic heterocycles. The van der Waals surface area contributed by atoms with E-state index in [0.717, 1.165) is 39.6 Å². The van der Waals surface area contributed by atoms with E-state index in [9.17, 15) is 4.79 Å². The number of halogens is 1. The Kier molecular flexibility index (Phi) is 5.99. The first-order chi connectivity index (χ1) is 14.0. The number of nitrogens with zero attached hydrogens (tertiary/aromatic N) is 2. The number of nitrogens with one attached hydrogen (secondary N) is 1. The normalized spacial score (nSPS) is 19.2. The molecule has 150 valence electrons. The van der Waals surface area contributed by atoms with E-state index in [-0.39, 0.29) is 18.1 Å². The number of carbonyl (C=O) groups excluding carboxylic acids is 1. The Labute approximate surface area is 182 Å². The van der Waals surface area contributed by atoms with Crippen LogP contribution in [0.25, 0.3) is 11.3 Å². The number of thiazole rings is 1. The van der Waals surface area contributed by atoms with Crippen molar-refractivity contribution in [3.63, 3.8) is 0 Å². The second-order valence-electron chi connectivity index (χ2n) is 7.22. The monoisotopic (exact) mass is 471 g/mol. The summed E-state index contributed by atoms with van der Waals surface area (Å²) in [7, 11) is 0. The Hall–Kier alpha value is -2.22. The largest absolute Gasteiger partial charge is 0.372 e. The Balaban J connectivity index is 1.49. The van der Waals surface area contributed by atoms with E-state index in [2.05, 4.69) is 45.4 Å². The van der Waals surface area contributed by atoms with Gasteiger partial charge in [0.2, 0.25) is 0 Å². The number of morpholine rings is 1. The Morgan fingerprint density at radius 1 is 1.17 bits per heavy atom. The van der Waals surface area contributed by atoms with Crippen molar-refractivity contribution in [1.29, 1.82) is 0 Å². The number of benzene rings is 2. The Morgan fingerprint density at radius 2 is 1.90 bits per heavy atom. The number of ether oxygens (including phenoxy) is 1. The molecule has 29 heavy (non-hydrogen) atoms. The van der Waals surface area contributed by atoms with Gasteiger partial charge < -0.3 is 15.0 Å². The summed E-state index contributed by atoms with van der Waals surface area (Å²) in [6.45, 7) is 5.88. The van der Waals surface area contributed by atoms with Gasteiger partial charge in [0.15, 0.2) is 5.13 Å². The lowest BCUT2D eigenvalue weighted by Crippen LogP contribution is -2.45. The van der Waals surface area contributed by atoms with Crippen LogP contribution in [0.4, 0.5) is 10.8 Å². The molecule has 3 aromatic rings. The summed E-state index contributed by atoms with van der Waals surface area (Å²) in [5.74, 6) is -0.134. The Bertz CT molecular complexity index is 995. The molecule has 0 spiro atoms. The minimum atomic E-state index is -0.134. The molecule has 1 amide bonds. The predicted molar refractivity (Wildman–Crippen MR) is 122 cm³/mol. The van der Waals surface area contributed by atoms with Gasteiger partial charge in [-0.05, 0) is 50.2 Å². The number of rotatable bonds is 4. The summed E-state index contributed by atoms with van der Waals surface area (Å²) in [6.07, 6.45) is 0.395. The highest BCUT2D eigenvalue weighted by molar-refractivity contribution is 9.10. The molecular weight excluding hydrogens is 450 g/mol. The summed E-state index contributed by atoms with van der Waals surface area (Å²) in [5.41, 5.74) is 3.26. The molecule has 2 aromatic carbocycles. The quantitative estimate of drug-likeness (QED) is 0.550. The molecule has 1 aliphatic rings. The number of hydrogen-bond acceptors (Lipinski definition) is 5. The lowest BCUT2D eigenvalue weighted by Gasteiger charge is -2.35. The fourth-order valence-electron chi connectivity index (χ4n) is 3.44. The highest BCUT2D eigenvalue weighted by Crippen LogP contribution is 2.30. The average Bonchev–Trinajstić information content (AvgIpc) is 3.18. The summed E-state index contributed by atoms with van der Waals surface area (Å²) in [5, 5.41) is 6.04. The zero-order valence-electron chi connectivity index (χ0n) is 16.3. The maximum Gasteiger partial charge on any atom is 0.255 e. The van der Waals surface area contributed by atoms with E-state index in [4.69, 9.17) is 9.72 Å². The zero-order chi connectivity index (χ0) is 20.4. The predicted octanol–water partition coefficient (Wildman–Crippen LogP) is 5.44. The van der Waals surface area contributed by atoms with Crippen molar-refractivity contribution in [1.82, 2.24) is 4.98 Å². The third kappa shape index (κ3) is 4.86. The minimum absolute atomic E-state index is 0.134. The summed E-state index contributed by atoms with van der Waals surface area (Å²) < 4.78 is 6.76. The molecule has 2 atom stereocenters. The van der Waals surface area contributed by atoms with Gasteiger partial charge in [-0.3, -0.25) is 4.79 Å². The smallest absolute Gasteiger partial charge is 0.255 e. The molecule has 2 heterocycles. The number of amides is 1. The van der Waals surface area contributed by atoms with Crippen molar-refractivity contribution in [2.45, 2.75) is 26.1 Å². The second-order valence-corrected chi connectivity index (χ2v) is 8.97. The third-order valence-corrected chi connectivity index (χ3v) is 6.13. The first-order valence-electron chi connectivity index (χ1n) is 9.51.